The van der Waals surface area contributed by atoms with Crippen LogP contribution < -0.4 is 11.5 Å². The van der Waals surface area contributed by atoms with Crippen LogP contribution in [0.3, 0.4) is 0 Å². The Balaban J connectivity index is 2.26. The van der Waals surface area contributed by atoms with Gasteiger partial charge in [0.15, 0.2) is 0 Å². The zero-order valence-corrected chi connectivity index (χ0v) is 12.0. The number of aryl methyl sites for hydroxylation is 1. The predicted octanol–water partition coefficient (Wildman–Crippen LogP) is 2.53. The first-order chi connectivity index (χ1) is 9.61. The van der Waals surface area contributed by atoms with E-state index in [1.54, 1.807) is 13.3 Å². The van der Waals surface area contributed by atoms with Crippen molar-refractivity contribution >= 4 is 11.5 Å². The van der Waals surface area contributed by atoms with Crippen LogP contribution in [0.25, 0.3) is 0 Å². The van der Waals surface area contributed by atoms with Crippen LogP contribution in [0.15, 0.2) is 36.5 Å². The van der Waals surface area contributed by atoms with Crippen LogP contribution in [0.5, 0.6) is 0 Å². The molecule has 1 aromatic heterocycles. The van der Waals surface area contributed by atoms with Crippen LogP contribution in [-0.2, 0) is 11.2 Å². The Labute approximate surface area is 119 Å². The molecule has 1 heterocycles. The fraction of sp³-hybridized carbons (Fsp3) is 0.312. The van der Waals surface area contributed by atoms with Crippen LogP contribution >= 0.6 is 0 Å². The third kappa shape index (κ3) is 3.27. The predicted molar refractivity (Wildman–Crippen MR) is 82.6 cm³/mol. The van der Waals surface area contributed by atoms with E-state index in [-0.39, 0.29) is 5.92 Å². The number of hydrogen-bond acceptors (Lipinski definition) is 4. The largest absolute Gasteiger partial charge is 0.396 e. The maximum atomic E-state index is 6.05. The second kappa shape index (κ2) is 6.39. The zero-order chi connectivity index (χ0) is 14.5. The number of nitrogens with zero attached hydrogens (tertiary/aromatic N) is 1. The van der Waals surface area contributed by atoms with Gasteiger partial charge in [0.1, 0.15) is 5.82 Å². The number of benzene rings is 1. The average molecular weight is 271 g/mol. The molecule has 0 spiro atoms. The van der Waals surface area contributed by atoms with Crippen molar-refractivity contribution in [2.75, 3.05) is 25.2 Å². The quantitative estimate of drug-likeness (QED) is 0.876. The summed E-state index contributed by atoms with van der Waals surface area (Å²) in [4.78, 5) is 4.01. The first-order valence-corrected chi connectivity index (χ1v) is 6.66. The lowest BCUT2D eigenvalue weighted by molar-refractivity contribution is 0.179. The van der Waals surface area contributed by atoms with Crippen molar-refractivity contribution in [2.45, 2.75) is 19.3 Å². The number of ether oxygens (including phenoxy) is 1. The van der Waals surface area contributed by atoms with E-state index in [1.807, 2.05) is 6.07 Å². The van der Waals surface area contributed by atoms with Gasteiger partial charge in [0.2, 0.25) is 0 Å². The van der Waals surface area contributed by atoms with Gasteiger partial charge in [-0.25, -0.2) is 4.98 Å². The molecule has 0 fully saturated rings. The third-order valence-electron chi connectivity index (χ3n) is 3.47. The standard InChI is InChI=1S/C16H21N3O/c1-11-3-5-12(6-4-11)9-13(10-20-2)14-7-8-19-16(18)15(14)17/h3-8,13H,9-10,17H2,1-2H3,(H2,18,19). The molecule has 4 heteroatoms. The monoisotopic (exact) mass is 271 g/mol. The van der Waals surface area contributed by atoms with Gasteiger partial charge in [-0.1, -0.05) is 29.8 Å². The fourth-order valence-corrected chi connectivity index (χ4v) is 2.33. The first kappa shape index (κ1) is 14.3. The summed E-state index contributed by atoms with van der Waals surface area (Å²) in [6.07, 6.45) is 2.56. The molecule has 0 bridgehead atoms. The summed E-state index contributed by atoms with van der Waals surface area (Å²) in [6.45, 7) is 2.68. The smallest absolute Gasteiger partial charge is 0.146 e. The van der Waals surface area contributed by atoms with Crippen molar-refractivity contribution in [2.24, 2.45) is 0 Å². The van der Waals surface area contributed by atoms with E-state index < -0.39 is 0 Å². The van der Waals surface area contributed by atoms with Gasteiger partial charge >= 0.3 is 0 Å². The molecule has 1 aromatic carbocycles. The maximum Gasteiger partial charge on any atom is 0.146 e. The lowest BCUT2D eigenvalue weighted by Crippen LogP contribution is -2.13. The molecule has 0 amide bonds. The second-order valence-electron chi connectivity index (χ2n) is 5.04. The van der Waals surface area contributed by atoms with E-state index in [0.29, 0.717) is 18.1 Å². The SMILES string of the molecule is COCC(Cc1ccc(C)cc1)c1ccnc(N)c1N. The van der Waals surface area contributed by atoms with Gasteiger partial charge in [-0.2, -0.15) is 0 Å². The Kier molecular flexibility index (Phi) is 4.58. The highest BCUT2D eigenvalue weighted by Crippen LogP contribution is 2.28. The van der Waals surface area contributed by atoms with Crippen LogP contribution in [0, 0.1) is 6.92 Å². The van der Waals surface area contributed by atoms with Gasteiger partial charge in [-0.15, -0.1) is 0 Å². The van der Waals surface area contributed by atoms with Crippen LogP contribution in [-0.4, -0.2) is 18.7 Å². The van der Waals surface area contributed by atoms with Gasteiger partial charge in [-0.3, -0.25) is 0 Å². The molecule has 0 saturated carbocycles. The highest BCUT2D eigenvalue weighted by molar-refractivity contribution is 5.63. The summed E-state index contributed by atoms with van der Waals surface area (Å²) in [6, 6.07) is 10.4. The number of nitrogen functional groups attached to an aromatic ring is 2. The number of methoxy groups -OCH3 is 1. The molecule has 1 atom stereocenters. The van der Waals surface area contributed by atoms with Crippen molar-refractivity contribution in [3.63, 3.8) is 0 Å². The number of pyridine rings is 1. The Morgan fingerprint density at radius 3 is 2.50 bits per heavy atom. The average Bonchev–Trinajstić information content (AvgIpc) is 2.44. The van der Waals surface area contributed by atoms with Gasteiger partial charge in [0.05, 0.1) is 12.3 Å². The number of aromatic nitrogens is 1. The summed E-state index contributed by atoms with van der Waals surface area (Å²) >= 11 is 0. The molecule has 4 N–H and O–H groups in total. The minimum Gasteiger partial charge on any atom is -0.396 e. The minimum absolute atomic E-state index is 0.174. The molecular formula is C16H21N3O. The van der Waals surface area contributed by atoms with E-state index in [0.717, 1.165) is 12.0 Å². The van der Waals surface area contributed by atoms with E-state index in [2.05, 4.69) is 36.2 Å². The third-order valence-corrected chi connectivity index (χ3v) is 3.47. The van der Waals surface area contributed by atoms with Crippen molar-refractivity contribution in [1.29, 1.82) is 0 Å². The van der Waals surface area contributed by atoms with E-state index in [1.165, 1.54) is 11.1 Å². The summed E-state index contributed by atoms with van der Waals surface area (Å²) < 4.78 is 5.33. The summed E-state index contributed by atoms with van der Waals surface area (Å²) in [5.74, 6) is 0.556. The van der Waals surface area contributed by atoms with Crippen LogP contribution in [0.4, 0.5) is 11.5 Å². The Bertz CT molecular complexity index is 566. The van der Waals surface area contributed by atoms with Crippen molar-refractivity contribution in [3.8, 4) is 0 Å². The van der Waals surface area contributed by atoms with Gasteiger partial charge < -0.3 is 16.2 Å². The number of anilines is 2. The molecule has 0 aliphatic rings. The number of nitrogens with two attached hydrogens (primary N) is 2. The van der Waals surface area contributed by atoms with E-state index in [4.69, 9.17) is 16.2 Å². The molecule has 4 nitrogen and oxygen atoms in total. The van der Waals surface area contributed by atoms with E-state index >= 15 is 0 Å². The topological polar surface area (TPSA) is 74.2 Å². The summed E-state index contributed by atoms with van der Waals surface area (Å²) in [7, 11) is 1.70. The molecule has 106 valence electrons. The fourth-order valence-electron chi connectivity index (χ4n) is 2.33. The maximum absolute atomic E-state index is 6.05. The van der Waals surface area contributed by atoms with Crippen molar-refractivity contribution < 1.29 is 4.74 Å². The Morgan fingerprint density at radius 2 is 1.85 bits per heavy atom. The summed E-state index contributed by atoms with van der Waals surface area (Å²) in [5.41, 5.74) is 15.9. The highest BCUT2D eigenvalue weighted by atomic mass is 16.5. The van der Waals surface area contributed by atoms with Gasteiger partial charge in [0, 0.05) is 19.2 Å². The normalized spacial score (nSPS) is 12.3. The first-order valence-electron chi connectivity index (χ1n) is 6.66. The van der Waals surface area contributed by atoms with Crippen LogP contribution in [0.2, 0.25) is 0 Å². The molecule has 0 aliphatic heterocycles. The molecule has 0 radical (unpaired) electrons. The zero-order valence-electron chi connectivity index (χ0n) is 12.0. The molecule has 0 aliphatic carbocycles. The molecule has 2 aromatic rings. The van der Waals surface area contributed by atoms with E-state index in [9.17, 15) is 0 Å². The second-order valence-corrected chi connectivity index (χ2v) is 5.04. The van der Waals surface area contributed by atoms with Gasteiger partial charge in [-0.05, 0) is 30.5 Å². The van der Waals surface area contributed by atoms with Gasteiger partial charge in [0.25, 0.3) is 0 Å². The minimum atomic E-state index is 0.174. The number of rotatable bonds is 5. The molecule has 20 heavy (non-hydrogen) atoms. The van der Waals surface area contributed by atoms with Crippen molar-refractivity contribution in [1.82, 2.24) is 4.98 Å². The summed E-state index contributed by atoms with van der Waals surface area (Å²) in [5, 5.41) is 0. The lowest BCUT2D eigenvalue weighted by Gasteiger charge is -2.19. The highest BCUT2D eigenvalue weighted by Gasteiger charge is 2.16. The lowest BCUT2D eigenvalue weighted by atomic mass is 9.91. The molecular weight excluding hydrogens is 250 g/mol. The molecule has 1 unspecified atom stereocenters. The van der Waals surface area contributed by atoms with Crippen molar-refractivity contribution in [3.05, 3.63) is 53.2 Å². The molecule has 0 saturated heterocycles. The Hall–Kier alpha value is -2.07. The molecule has 2 rings (SSSR count). The van der Waals surface area contributed by atoms with Crippen LogP contribution in [0.1, 0.15) is 22.6 Å². The Morgan fingerprint density at radius 1 is 1.15 bits per heavy atom. The number of hydrogen-bond donors (Lipinski definition) is 2.